The highest BCUT2D eigenvalue weighted by molar-refractivity contribution is 5.55. The highest BCUT2D eigenvalue weighted by Crippen LogP contribution is 2.35. The molecule has 1 aliphatic heterocycles. The summed E-state index contributed by atoms with van der Waals surface area (Å²) in [6.45, 7) is 1.37. The summed E-state index contributed by atoms with van der Waals surface area (Å²) in [5, 5.41) is 17.6. The summed E-state index contributed by atoms with van der Waals surface area (Å²) >= 11 is 0. The molecule has 0 spiro atoms. The van der Waals surface area contributed by atoms with Crippen LogP contribution in [0.3, 0.4) is 0 Å². The van der Waals surface area contributed by atoms with Crippen molar-refractivity contribution in [1.82, 2.24) is 14.6 Å². The minimum Gasteiger partial charge on any atom is -0.371 e. The standard InChI is InChI=1S/C19H16F3N5/c20-19(21,22)16-5-4-15(11-14(16)12-23)26-9-6-13(7-10-26)18-25-24-17-3-1-2-8-27(17)18/h1-5,8,11,13H,6-7,9-10H2. The molecule has 0 bridgehead atoms. The molecule has 0 radical (unpaired) electrons. The maximum absolute atomic E-state index is 13.0. The van der Waals surface area contributed by atoms with Gasteiger partial charge in [0.05, 0.1) is 17.2 Å². The van der Waals surface area contributed by atoms with Gasteiger partial charge in [-0.1, -0.05) is 6.07 Å². The summed E-state index contributed by atoms with van der Waals surface area (Å²) in [6, 6.07) is 11.2. The predicted octanol–water partition coefficient (Wildman–Crippen LogP) is 4.00. The fraction of sp³-hybridized carbons (Fsp3) is 0.316. The molecule has 0 atom stereocenters. The Bertz CT molecular complexity index is 1010. The summed E-state index contributed by atoms with van der Waals surface area (Å²) in [5.41, 5.74) is 0.213. The number of alkyl halides is 3. The third kappa shape index (κ3) is 3.21. The van der Waals surface area contributed by atoms with E-state index in [9.17, 15) is 13.2 Å². The summed E-state index contributed by atoms with van der Waals surface area (Å²) in [6.07, 6.45) is -0.950. The van der Waals surface area contributed by atoms with E-state index in [0.717, 1.165) is 30.4 Å². The Morgan fingerprint density at radius 2 is 1.85 bits per heavy atom. The highest BCUT2D eigenvalue weighted by Gasteiger charge is 2.34. The van der Waals surface area contributed by atoms with Gasteiger partial charge in [-0.25, -0.2) is 0 Å². The van der Waals surface area contributed by atoms with E-state index >= 15 is 0 Å². The lowest BCUT2D eigenvalue weighted by atomic mass is 9.95. The van der Waals surface area contributed by atoms with Crippen LogP contribution < -0.4 is 4.90 Å². The smallest absolute Gasteiger partial charge is 0.371 e. The van der Waals surface area contributed by atoms with Gasteiger partial charge in [0.25, 0.3) is 0 Å². The fourth-order valence-corrected chi connectivity index (χ4v) is 3.60. The zero-order valence-corrected chi connectivity index (χ0v) is 14.3. The maximum Gasteiger partial charge on any atom is 0.417 e. The molecule has 3 aromatic rings. The molecule has 1 aliphatic rings. The number of benzene rings is 1. The third-order valence-electron chi connectivity index (χ3n) is 4.99. The van der Waals surface area contributed by atoms with Gasteiger partial charge < -0.3 is 4.90 Å². The fourth-order valence-electron chi connectivity index (χ4n) is 3.60. The molecular weight excluding hydrogens is 355 g/mol. The minimum atomic E-state index is -4.52. The summed E-state index contributed by atoms with van der Waals surface area (Å²) in [7, 11) is 0. The van der Waals surface area contributed by atoms with Crippen molar-refractivity contribution in [2.24, 2.45) is 0 Å². The highest BCUT2D eigenvalue weighted by atomic mass is 19.4. The van der Waals surface area contributed by atoms with Crippen molar-refractivity contribution in [1.29, 1.82) is 5.26 Å². The second kappa shape index (κ2) is 6.58. The molecule has 0 aliphatic carbocycles. The van der Waals surface area contributed by atoms with Gasteiger partial charge >= 0.3 is 6.18 Å². The zero-order chi connectivity index (χ0) is 19.0. The van der Waals surface area contributed by atoms with Crippen LogP contribution in [0.2, 0.25) is 0 Å². The summed E-state index contributed by atoms with van der Waals surface area (Å²) in [4.78, 5) is 2.01. The molecule has 138 valence electrons. The first-order valence-electron chi connectivity index (χ1n) is 8.63. The van der Waals surface area contributed by atoms with E-state index in [1.54, 1.807) is 6.07 Å². The lowest BCUT2D eigenvalue weighted by Gasteiger charge is -2.33. The number of hydrogen-bond acceptors (Lipinski definition) is 4. The Labute approximate surface area is 153 Å². The minimum absolute atomic E-state index is 0.239. The molecule has 0 unspecified atom stereocenters. The molecule has 4 rings (SSSR count). The Balaban J connectivity index is 1.52. The van der Waals surface area contributed by atoms with E-state index in [-0.39, 0.29) is 11.5 Å². The molecule has 2 aromatic heterocycles. The number of halogens is 3. The number of pyridine rings is 1. The van der Waals surface area contributed by atoms with Crippen molar-refractivity contribution < 1.29 is 13.2 Å². The van der Waals surface area contributed by atoms with Crippen LogP contribution in [0.4, 0.5) is 18.9 Å². The van der Waals surface area contributed by atoms with E-state index in [0.29, 0.717) is 18.8 Å². The number of fused-ring (bicyclic) bond motifs is 1. The van der Waals surface area contributed by atoms with Crippen LogP contribution in [-0.4, -0.2) is 27.7 Å². The molecule has 0 N–H and O–H groups in total. The van der Waals surface area contributed by atoms with Gasteiger partial charge in [-0.2, -0.15) is 18.4 Å². The molecule has 3 heterocycles. The first-order valence-corrected chi connectivity index (χ1v) is 8.63. The number of piperidine rings is 1. The lowest BCUT2D eigenvalue weighted by Crippen LogP contribution is -2.33. The Hall–Kier alpha value is -3.08. The number of nitrogens with zero attached hydrogens (tertiary/aromatic N) is 5. The maximum atomic E-state index is 13.0. The van der Waals surface area contributed by atoms with Crippen molar-refractivity contribution in [3.63, 3.8) is 0 Å². The van der Waals surface area contributed by atoms with E-state index in [2.05, 4.69) is 10.2 Å². The Kier molecular flexibility index (Phi) is 4.22. The molecule has 1 aromatic carbocycles. The van der Waals surface area contributed by atoms with Gasteiger partial charge in [0.1, 0.15) is 5.82 Å². The first kappa shape index (κ1) is 17.3. The van der Waals surface area contributed by atoms with Crippen LogP contribution in [0.25, 0.3) is 5.65 Å². The quantitative estimate of drug-likeness (QED) is 0.683. The molecule has 0 amide bonds. The van der Waals surface area contributed by atoms with Gasteiger partial charge in [0.15, 0.2) is 5.65 Å². The van der Waals surface area contributed by atoms with Gasteiger partial charge in [-0.05, 0) is 43.2 Å². The van der Waals surface area contributed by atoms with E-state index in [1.807, 2.05) is 33.7 Å². The Morgan fingerprint density at radius 3 is 2.56 bits per heavy atom. The summed E-state index contributed by atoms with van der Waals surface area (Å²) in [5.74, 6) is 1.15. The molecule has 8 heteroatoms. The van der Waals surface area contributed by atoms with Gasteiger partial charge in [0.2, 0.25) is 0 Å². The second-order valence-electron chi connectivity index (χ2n) is 6.59. The van der Waals surface area contributed by atoms with Crippen LogP contribution in [0.1, 0.15) is 35.7 Å². The van der Waals surface area contributed by atoms with Gasteiger partial charge in [0, 0.05) is 30.9 Å². The third-order valence-corrected chi connectivity index (χ3v) is 4.99. The summed E-state index contributed by atoms with van der Waals surface area (Å²) < 4.78 is 40.9. The average Bonchev–Trinajstić information content (AvgIpc) is 3.11. The van der Waals surface area contributed by atoms with Crippen LogP contribution in [0.5, 0.6) is 0 Å². The largest absolute Gasteiger partial charge is 0.417 e. The second-order valence-corrected chi connectivity index (χ2v) is 6.59. The number of anilines is 1. The lowest BCUT2D eigenvalue weighted by molar-refractivity contribution is -0.137. The van der Waals surface area contributed by atoms with Crippen molar-refractivity contribution in [2.45, 2.75) is 24.9 Å². The van der Waals surface area contributed by atoms with Crippen LogP contribution in [0, 0.1) is 11.3 Å². The molecule has 0 saturated carbocycles. The monoisotopic (exact) mass is 371 g/mol. The average molecular weight is 371 g/mol. The molecular formula is C19H16F3N5. The van der Waals surface area contributed by atoms with Crippen LogP contribution >= 0.6 is 0 Å². The van der Waals surface area contributed by atoms with Gasteiger partial charge in [-0.3, -0.25) is 4.40 Å². The van der Waals surface area contributed by atoms with Crippen LogP contribution in [0.15, 0.2) is 42.6 Å². The van der Waals surface area contributed by atoms with Gasteiger partial charge in [-0.15, -0.1) is 10.2 Å². The van der Waals surface area contributed by atoms with E-state index in [4.69, 9.17) is 5.26 Å². The van der Waals surface area contributed by atoms with E-state index in [1.165, 1.54) is 12.1 Å². The number of rotatable bonds is 2. The SMILES string of the molecule is N#Cc1cc(N2CCC(c3nnc4ccccn34)CC2)ccc1C(F)(F)F. The van der Waals surface area contributed by atoms with Crippen LogP contribution in [-0.2, 0) is 6.18 Å². The van der Waals surface area contributed by atoms with Crippen molar-refractivity contribution in [3.05, 3.63) is 59.5 Å². The molecule has 1 fully saturated rings. The van der Waals surface area contributed by atoms with Crippen molar-refractivity contribution in [3.8, 4) is 6.07 Å². The Morgan fingerprint density at radius 1 is 1.07 bits per heavy atom. The first-order chi connectivity index (χ1) is 13.0. The normalized spacial score (nSPS) is 15.9. The predicted molar refractivity (Wildman–Crippen MR) is 93.3 cm³/mol. The number of aromatic nitrogens is 3. The van der Waals surface area contributed by atoms with Crippen molar-refractivity contribution >= 4 is 11.3 Å². The van der Waals surface area contributed by atoms with E-state index < -0.39 is 11.7 Å². The zero-order valence-electron chi connectivity index (χ0n) is 14.3. The number of nitriles is 1. The number of hydrogen-bond donors (Lipinski definition) is 0. The molecule has 1 saturated heterocycles. The topological polar surface area (TPSA) is 57.2 Å². The molecule has 5 nitrogen and oxygen atoms in total. The molecule has 27 heavy (non-hydrogen) atoms. The van der Waals surface area contributed by atoms with Crippen molar-refractivity contribution in [2.75, 3.05) is 18.0 Å².